The van der Waals surface area contributed by atoms with Gasteiger partial charge in [-0.2, -0.15) is 0 Å². The summed E-state index contributed by atoms with van der Waals surface area (Å²) in [5.41, 5.74) is 4.54. The van der Waals surface area contributed by atoms with Crippen LogP contribution in [0.3, 0.4) is 0 Å². The summed E-state index contributed by atoms with van der Waals surface area (Å²) in [7, 11) is 0. The van der Waals surface area contributed by atoms with Gasteiger partial charge in [0.05, 0.1) is 4.92 Å². The topological polar surface area (TPSA) is 101 Å². The molecule has 22 heavy (non-hydrogen) atoms. The summed E-state index contributed by atoms with van der Waals surface area (Å²) in [5.74, 6) is -1.04. The molecule has 2 aromatic rings. The molecule has 2 N–H and O–H groups in total. The van der Waals surface area contributed by atoms with Crippen molar-refractivity contribution in [2.24, 2.45) is 0 Å². The minimum Gasteiger partial charge on any atom is -0.268 e. The van der Waals surface area contributed by atoms with Crippen molar-refractivity contribution in [3.05, 3.63) is 68.4 Å². The number of nitro groups is 1. The van der Waals surface area contributed by atoms with Gasteiger partial charge in [-0.15, -0.1) is 11.3 Å². The molecule has 1 heterocycles. The number of hydrogen-bond acceptors (Lipinski definition) is 5. The van der Waals surface area contributed by atoms with Gasteiger partial charge in [-0.3, -0.25) is 30.6 Å². The molecule has 7 nitrogen and oxygen atoms in total. The van der Waals surface area contributed by atoms with E-state index in [2.05, 4.69) is 10.9 Å². The third kappa shape index (κ3) is 4.25. The Bertz CT molecular complexity index is 708. The van der Waals surface area contributed by atoms with E-state index in [1.807, 2.05) is 17.5 Å². The normalized spacial score (nSPS) is 10.4. The van der Waals surface area contributed by atoms with E-state index in [1.165, 1.54) is 41.7 Å². The molecule has 1 aromatic heterocycles. The molecule has 0 spiro atoms. The Kier molecular flexibility index (Phi) is 4.99. The van der Waals surface area contributed by atoms with Gasteiger partial charge in [0.2, 0.25) is 0 Å². The van der Waals surface area contributed by atoms with Gasteiger partial charge in [-0.05, 0) is 29.7 Å². The van der Waals surface area contributed by atoms with E-state index < -0.39 is 16.7 Å². The fourth-order valence-corrected chi connectivity index (χ4v) is 2.13. The third-order valence-corrected chi connectivity index (χ3v) is 3.42. The fourth-order valence-electron chi connectivity index (χ4n) is 1.51. The Morgan fingerprint density at radius 2 is 1.86 bits per heavy atom. The lowest BCUT2D eigenvalue weighted by molar-refractivity contribution is -0.384. The quantitative estimate of drug-likeness (QED) is 0.512. The lowest BCUT2D eigenvalue weighted by Crippen LogP contribution is -2.40. The van der Waals surface area contributed by atoms with Crippen molar-refractivity contribution in [1.29, 1.82) is 0 Å². The summed E-state index contributed by atoms with van der Waals surface area (Å²) in [6, 6.07) is 8.76. The zero-order valence-corrected chi connectivity index (χ0v) is 12.0. The predicted molar refractivity (Wildman–Crippen MR) is 82.1 cm³/mol. The second kappa shape index (κ2) is 7.14. The maximum atomic E-state index is 11.7. The molecule has 0 fully saturated rings. The van der Waals surface area contributed by atoms with Crippen LogP contribution in [0.1, 0.15) is 15.2 Å². The molecule has 0 radical (unpaired) electrons. The smallest absolute Gasteiger partial charge is 0.268 e. The SMILES string of the molecule is O=C(C=Cc1cccs1)NNC(=O)c1ccc([N+](=O)[O-])cc1. The highest BCUT2D eigenvalue weighted by Crippen LogP contribution is 2.11. The number of nitrogens with one attached hydrogen (secondary N) is 2. The number of carbonyl (C=O) groups is 2. The molecule has 0 unspecified atom stereocenters. The summed E-state index contributed by atoms with van der Waals surface area (Å²) >= 11 is 1.48. The molecule has 0 saturated heterocycles. The Morgan fingerprint density at radius 3 is 2.45 bits per heavy atom. The molecule has 0 aliphatic carbocycles. The van der Waals surface area contributed by atoms with Gasteiger partial charge in [0, 0.05) is 28.6 Å². The molecule has 1 aromatic carbocycles. The lowest BCUT2D eigenvalue weighted by Gasteiger charge is -2.04. The number of hydrazine groups is 1. The van der Waals surface area contributed by atoms with Crippen molar-refractivity contribution in [2.45, 2.75) is 0 Å². The van der Waals surface area contributed by atoms with Gasteiger partial charge in [0.1, 0.15) is 0 Å². The van der Waals surface area contributed by atoms with Crippen molar-refractivity contribution >= 4 is 34.9 Å². The van der Waals surface area contributed by atoms with E-state index in [9.17, 15) is 19.7 Å². The van der Waals surface area contributed by atoms with Crippen molar-refractivity contribution in [1.82, 2.24) is 10.9 Å². The summed E-state index contributed by atoms with van der Waals surface area (Å²) in [4.78, 5) is 34.1. The highest BCUT2D eigenvalue weighted by molar-refractivity contribution is 7.10. The molecule has 0 aliphatic heterocycles. The largest absolute Gasteiger partial charge is 0.269 e. The van der Waals surface area contributed by atoms with Gasteiger partial charge in [-0.25, -0.2) is 0 Å². The van der Waals surface area contributed by atoms with Crippen LogP contribution in [-0.4, -0.2) is 16.7 Å². The Labute approximate surface area is 129 Å². The monoisotopic (exact) mass is 317 g/mol. The van der Waals surface area contributed by atoms with Gasteiger partial charge in [0.15, 0.2) is 0 Å². The van der Waals surface area contributed by atoms with E-state index in [4.69, 9.17) is 0 Å². The molecule has 2 amide bonds. The highest BCUT2D eigenvalue weighted by Gasteiger charge is 2.09. The molecule has 0 saturated carbocycles. The molecule has 0 atom stereocenters. The van der Waals surface area contributed by atoms with Crippen molar-refractivity contribution in [3.63, 3.8) is 0 Å². The number of benzene rings is 1. The summed E-state index contributed by atoms with van der Waals surface area (Å²) in [5, 5.41) is 12.4. The summed E-state index contributed by atoms with van der Waals surface area (Å²) < 4.78 is 0. The minimum atomic E-state index is -0.562. The Balaban J connectivity index is 1.86. The van der Waals surface area contributed by atoms with E-state index in [-0.39, 0.29) is 11.3 Å². The molecule has 0 aliphatic rings. The standard InChI is InChI=1S/C14H11N3O4S/c18-13(8-7-12-2-1-9-22-12)15-16-14(19)10-3-5-11(6-4-10)17(20)21/h1-9H,(H,15,18)(H,16,19). The second-order valence-electron chi connectivity index (χ2n) is 4.10. The maximum absolute atomic E-state index is 11.7. The van der Waals surface area contributed by atoms with Crippen LogP contribution in [-0.2, 0) is 4.79 Å². The number of nitrogens with zero attached hydrogens (tertiary/aromatic N) is 1. The van der Waals surface area contributed by atoms with Crippen LogP contribution in [0.4, 0.5) is 5.69 Å². The number of amides is 2. The number of rotatable bonds is 4. The predicted octanol–water partition coefficient (Wildman–Crippen LogP) is 2.13. The first-order chi connectivity index (χ1) is 10.6. The molecular formula is C14H11N3O4S. The second-order valence-corrected chi connectivity index (χ2v) is 5.08. The number of thiophene rings is 1. The third-order valence-electron chi connectivity index (χ3n) is 2.58. The summed E-state index contributed by atoms with van der Waals surface area (Å²) in [6.45, 7) is 0. The van der Waals surface area contributed by atoms with E-state index in [0.717, 1.165) is 4.88 Å². The molecule has 2 rings (SSSR count). The van der Waals surface area contributed by atoms with Crippen molar-refractivity contribution in [2.75, 3.05) is 0 Å². The zero-order chi connectivity index (χ0) is 15.9. The van der Waals surface area contributed by atoms with Crippen LogP contribution in [0, 0.1) is 10.1 Å². The van der Waals surface area contributed by atoms with Crippen LogP contribution in [0.5, 0.6) is 0 Å². The Hall–Kier alpha value is -3.00. The molecule has 112 valence electrons. The van der Waals surface area contributed by atoms with Crippen molar-refractivity contribution in [3.8, 4) is 0 Å². The first-order valence-corrected chi connectivity index (χ1v) is 7.00. The molecular weight excluding hydrogens is 306 g/mol. The molecule has 8 heteroatoms. The number of carbonyl (C=O) groups excluding carboxylic acids is 2. The van der Waals surface area contributed by atoms with Crippen LogP contribution >= 0.6 is 11.3 Å². The average Bonchev–Trinajstić information content (AvgIpc) is 3.04. The lowest BCUT2D eigenvalue weighted by atomic mass is 10.2. The molecule has 0 bridgehead atoms. The van der Waals surface area contributed by atoms with Gasteiger partial charge < -0.3 is 0 Å². The number of hydrogen-bond donors (Lipinski definition) is 2. The van der Waals surface area contributed by atoms with Gasteiger partial charge >= 0.3 is 0 Å². The van der Waals surface area contributed by atoms with Crippen LogP contribution in [0.15, 0.2) is 47.9 Å². The van der Waals surface area contributed by atoms with Crippen LogP contribution < -0.4 is 10.9 Å². The number of non-ortho nitro benzene ring substituents is 1. The van der Waals surface area contributed by atoms with Crippen LogP contribution in [0.25, 0.3) is 6.08 Å². The Morgan fingerprint density at radius 1 is 1.14 bits per heavy atom. The minimum absolute atomic E-state index is 0.112. The highest BCUT2D eigenvalue weighted by atomic mass is 32.1. The fraction of sp³-hybridized carbons (Fsp3) is 0. The van der Waals surface area contributed by atoms with Gasteiger partial charge in [0.25, 0.3) is 17.5 Å². The zero-order valence-electron chi connectivity index (χ0n) is 11.2. The summed E-state index contributed by atoms with van der Waals surface area (Å²) in [6.07, 6.45) is 2.92. The van der Waals surface area contributed by atoms with Crippen LogP contribution in [0.2, 0.25) is 0 Å². The van der Waals surface area contributed by atoms with E-state index in [0.29, 0.717) is 0 Å². The number of nitro benzene ring substituents is 1. The first kappa shape index (κ1) is 15.4. The van der Waals surface area contributed by atoms with Crippen molar-refractivity contribution < 1.29 is 14.5 Å². The van der Waals surface area contributed by atoms with Gasteiger partial charge in [-0.1, -0.05) is 6.07 Å². The first-order valence-electron chi connectivity index (χ1n) is 6.12. The average molecular weight is 317 g/mol. The maximum Gasteiger partial charge on any atom is 0.269 e. The van der Waals surface area contributed by atoms with E-state index in [1.54, 1.807) is 6.08 Å². The van der Waals surface area contributed by atoms with E-state index >= 15 is 0 Å².